The number of rotatable bonds is 4. The number of nitrogens with zero attached hydrogens (tertiary/aromatic N) is 3. The fraction of sp³-hybridized carbons (Fsp3) is 0.500. The second kappa shape index (κ2) is 4.74. The van der Waals surface area contributed by atoms with Crippen LogP contribution in [0.15, 0.2) is 11.2 Å². The summed E-state index contributed by atoms with van der Waals surface area (Å²) in [7, 11) is 0. The van der Waals surface area contributed by atoms with Crippen LogP contribution >= 0.6 is 11.8 Å². The molecule has 0 bridgehead atoms. The molecule has 1 heterocycles. The fourth-order valence-electron chi connectivity index (χ4n) is 0.589. The number of aromatic nitrogens is 3. The first-order valence-electron chi connectivity index (χ1n) is 3.29. The monoisotopic (exact) mass is 168 g/mol. The first-order chi connectivity index (χ1) is 5.43. The molecule has 11 heavy (non-hydrogen) atoms. The lowest BCUT2D eigenvalue weighted by molar-refractivity contribution is 0.908. The minimum absolute atomic E-state index is 0.616. The molecule has 0 aliphatic heterocycles. The van der Waals surface area contributed by atoms with Gasteiger partial charge in [-0.15, -0.1) is 16.9 Å². The number of aromatic amines is 1. The molecule has 4 nitrogen and oxygen atoms in total. The van der Waals surface area contributed by atoms with Crippen molar-refractivity contribution in [1.29, 1.82) is 5.26 Å². The molecule has 0 aliphatic carbocycles. The van der Waals surface area contributed by atoms with E-state index in [0.29, 0.717) is 6.42 Å². The van der Waals surface area contributed by atoms with Crippen LogP contribution in [0.5, 0.6) is 0 Å². The van der Waals surface area contributed by atoms with E-state index in [1.165, 1.54) is 0 Å². The molecule has 0 radical (unpaired) electrons. The Kier molecular flexibility index (Phi) is 3.48. The lowest BCUT2D eigenvalue weighted by Gasteiger charge is -1.90. The van der Waals surface area contributed by atoms with Gasteiger partial charge in [0.2, 0.25) is 0 Å². The van der Waals surface area contributed by atoms with Crippen molar-refractivity contribution >= 4 is 11.8 Å². The van der Waals surface area contributed by atoms with Crippen molar-refractivity contribution in [3.63, 3.8) is 0 Å². The van der Waals surface area contributed by atoms with E-state index < -0.39 is 0 Å². The molecule has 0 saturated heterocycles. The van der Waals surface area contributed by atoms with Crippen molar-refractivity contribution in [3.05, 3.63) is 6.20 Å². The zero-order chi connectivity index (χ0) is 7.94. The second-order valence-corrected chi connectivity index (χ2v) is 3.03. The standard InChI is InChI=1S/C6H8N4S/c7-3-1-2-4-11-6-5-8-10-9-6/h5H,1-2,4H2,(H,8,9,10). The molecular weight excluding hydrogens is 160 g/mol. The topological polar surface area (TPSA) is 65.4 Å². The van der Waals surface area contributed by atoms with Crippen molar-refractivity contribution < 1.29 is 0 Å². The lowest BCUT2D eigenvalue weighted by Crippen LogP contribution is -1.78. The molecular formula is C6H8N4S. The van der Waals surface area contributed by atoms with E-state index in [-0.39, 0.29) is 0 Å². The Morgan fingerprint density at radius 1 is 1.73 bits per heavy atom. The Hall–Kier alpha value is -1.02. The molecule has 1 rings (SSSR count). The molecule has 0 unspecified atom stereocenters. The van der Waals surface area contributed by atoms with E-state index >= 15 is 0 Å². The van der Waals surface area contributed by atoms with Gasteiger partial charge in [-0.3, -0.25) is 0 Å². The maximum absolute atomic E-state index is 8.23. The third-order valence-corrected chi connectivity index (χ3v) is 2.06. The smallest absolute Gasteiger partial charge is 0.138 e. The first-order valence-corrected chi connectivity index (χ1v) is 4.27. The number of H-pyrrole nitrogens is 1. The average molecular weight is 168 g/mol. The van der Waals surface area contributed by atoms with E-state index in [2.05, 4.69) is 21.5 Å². The van der Waals surface area contributed by atoms with Crippen LogP contribution in [0.2, 0.25) is 0 Å². The van der Waals surface area contributed by atoms with Gasteiger partial charge >= 0.3 is 0 Å². The van der Waals surface area contributed by atoms with E-state index in [9.17, 15) is 0 Å². The van der Waals surface area contributed by atoms with E-state index in [1.54, 1.807) is 18.0 Å². The molecule has 0 saturated carbocycles. The van der Waals surface area contributed by atoms with Crippen LogP contribution in [0.3, 0.4) is 0 Å². The van der Waals surface area contributed by atoms with Gasteiger partial charge in [-0.05, 0) is 6.42 Å². The van der Waals surface area contributed by atoms with Crippen molar-refractivity contribution in [3.8, 4) is 6.07 Å². The molecule has 0 aromatic carbocycles. The minimum Gasteiger partial charge on any atom is -0.198 e. The quantitative estimate of drug-likeness (QED) is 0.542. The molecule has 0 atom stereocenters. The molecule has 1 N–H and O–H groups in total. The van der Waals surface area contributed by atoms with Gasteiger partial charge in [-0.25, -0.2) is 0 Å². The zero-order valence-corrected chi connectivity index (χ0v) is 6.77. The zero-order valence-electron chi connectivity index (χ0n) is 5.95. The molecule has 1 aromatic rings. The summed E-state index contributed by atoms with van der Waals surface area (Å²) in [5, 5.41) is 19.2. The molecule has 0 spiro atoms. The molecule has 0 amide bonds. The van der Waals surface area contributed by atoms with E-state index in [1.807, 2.05) is 0 Å². The Morgan fingerprint density at radius 3 is 3.27 bits per heavy atom. The summed E-state index contributed by atoms with van der Waals surface area (Å²) in [4.78, 5) is 0. The van der Waals surface area contributed by atoms with Gasteiger partial charge in [0.05, 0.1) is 12.3 Å². The number of thioether (sulfide) groups is 1. The number of unbranched alkanes of at least 4 members (excludes halogenated alkanes) is 1. The van der Waals surface area contributed by atoms with Crippen molar-refractivity contribution in [2.75, 3.05) is 5.75 Å². The van der Waals surface area contributed by atoms with Gasteiger partial charge in [0, 0.05) is 12.2 Å². The van der Waals surface area contributed by atoms with Crippen LogP contribution in [-0.2, 0) is 0 Å². The maximum atomic E-state index is 8.23. The van der Waals surface area contributed by atoms with Crippen LogP contribution < -0.4 is 0 Å². The van der Waals surface area contributed by atoms with Crippen LogP contribution in [0, 0.1) is 11.3 Å². The lowest BCUT2D eigenvalue weighted by atomic mass is 10.4. The number of nitrogens with one attached hydrogen (secondary N) is 1. The highest BCUT2D eigenvalue weighted by molar-refractivity contribution is 7.99. The maximum Gasteiger partial charge on any atom is 0.138 e. The summed E-state index contributed by atoms with van der Waals surface area (Å²) >= 11 is 1.61. The Labute approximate surface area is 69.0 Å². The molecule has 0 aliphatic rings. The van der Waals surface area contributed by atoms with Gasteiger partial charge in [0.25, 0.3) is 0 Å². The van der Waals surface area contributed by atoms with Crippen molar-refractivity contribution in [2.45, 2.75) is 17.9 Å². The molecule has 1 aromatic heterocycles. The van der Waals surface area contributed by atoms with Crippen molar-refractivity contribution in [2.24, 2.45) is 0 Å². The van der Waals surface area contributed by atoms with Gasteiger partial charge in [0.15, 0.2) is 0 Å². The molecule has 0 fully saturated rings. The largest absolute Gasteiger partial charge is 0.198 e. The van der Waals surface area contributed by atoms with Crippen LogP contribution in [0.1, 0.15) is 12.8 Å². The second-order valence-electron chi connectivity index (χ2n) is 1.92. The van der Waals surface area contributed by atoms with Gasteiger partial charge in [0.1, 0.15) is 5.03 Å². The summed E-state index contributed by atoms with van der Waals surface area (Å²) in [6.45, 7) is 0. The predicted octanol–water partition coefficient (Wildman–Crippen LogP) is 1.20. The number of hydrogen-bond donors (Lipinski definition) is 1. The van der Waals surface area contributed by atoms with E-state index in [4.69, 9.17) is 5.26 Å². The minimum atomic E-state index is 0.616. The summed E-state index contributed by atoms with van der Waals surface area (Å²) in [5.41, 5.74) is 0. The normalized spacial score (nSPS) is 9.36. The van der Waals surface area contributed by atoms with Crippen LogP contribution in [0.25, 0.3) is 0 Å². The van der Waals surface area contributed by atoms with Gasteiger partial charge in [-0.2, -0.15) is 15.6 Å². The Morgan fingerprint density at radius 2 is 2.64 bits per heavy atom. The summed E-state index contributed by atoms with van der Waals surface area (Å²) in [6, 6.07) is 2.09. The van der Waals surface area contributed by atoms with Crippen LogP contribution in [-0.4, -0.2) is 21.2 Å². The molecule has 5 heteroatoms. The predicted molar refractivity (Wildman–Crippen MR) is 42.0 cm³/mol. The number of hydrogen-bond acceptors (Lipinski definition) is 4. The van der Waals surface area contributed by atoms with E-state index in [0.717, 1.165) is 17.2 Å². The summed E-state index contributed by atoms with van der Waals surface area (Å²) < 4.78 is 0. The first kappa shape index (κ1) is 8.08. The fourth-order valence-corrected chi connectivity index (χ4v) is 1.32. The highest BCUT2D eigenvalue weighted by Gasteiger charge is 1.94. The third-order valence-electron chi connectivity index (χ3n) is 1.08. The third kappa shape index (κ3) is 3.05. The summed E-state index contributed by atoms with van der Waals surface area (Å²) in [6.07, 6.45) is 3.20. The Balaban J connectivity index is 2.10. The SMILES string of the molecule is N#CCCCSc1cn[nH]n1. The highest BCUT2D eigenvalue weighted by atomic mass is 32.2. The average Bonchev–Trinajstić information content (AvgIpc) is 2.50. The van der Waals surface area contributed by atoms with Crippen LogP contribution in [0.4, 0.5) is 0 Å². The Bertz CT molecular complexity index is 225. The molecule has 58 valence electrons. The van der Waals surface area contributed by atoms with Gasteiger partial charge < -0.3 is 0 Å². The van der Waals surface area contributed by atoms with Gasteiger partial charge in [-0.1, -0.05) is 0 Å². The highest BCUT2D eigenvalue weighted by Crippen LogP contribution is 2.13. The summed E-state index contributed by atoms with van der Waals surface area (Å²) in [5.74, 6) is 0.931. The number of nitriles is 1. The van der Waals surface area contributed by atoms with Crippen molar-refractivity contribution in [1.82, 2.24) is 15.4 Å².